The van der Waals surface area contributed by atoms with Crippen LogP contribution in [0.4, 0.5) is 0 Å². The summed E-state index contributed by atoms with van der Waals surface area (Å²) in [4.78, 5) is 11.6. The molecule has 0 heterocycles. The fourth-order valence-electron chi connectivity index (χ4n) is 6.43. The largest absolute Gasteiger partial charge is 0.462 e. The summed E-state index contributed by atoms with van der Waals surface area (Å²) in [5.41, 5.74) is 0. The number of hydrogen-bond acceptors (Lipinski definition) is 2. The average molecular weight is 363 g/mol. The molecule has 2 nitrogen and oxygen atoms in total. The van der Waals surface area contributed by atoms with Crippen molar-refractivity contribution in [3.05, 3.63) is 0 Å². The summed E-state index contributed by atoms with van der Waals surface area (Å²) < 4.78 is 5.67. The second-order valence-electron chi connectivity index (χ2n) is 9.64. The third-order valence-electron chi connectivity index (χ3n) is 7.99. The van der Waals surface area contributed by atoms with Crippen LogP contribution >= 0.6 is 0 Å². The lowest BCUT2D eigenvalue weighted by Gasteiger charge is -2.41. The minimum Gasteiger partial charge on any atom is -0.462 e. The first kappa shape index (κ1) is 20.2. The molecule has 0 aromatic rings. The maximum Gasteiger partial charge on any atom is 0.305 e. The zero-order valence-electron chi connectivity index (χ0n) is 17.4. The first-order valence-corrected chi connectivity index (χ1v) is 11.9. The van der Waals surface area contributed by atoms with Crippen LogP contribution in [0.2, 0.25) is 0 Å². The highest BCUT2D eigenvalue weighted by Gasteiger charge is 2.35. The van der Waals surface area contributed by atoms with Crippen LogP contribution in [0.5, 0.6) is 0 Å². The van der Waals surface area contributed by atoms with Gasteiger partial charge in [0.05, 0.1) is 0 Å². The molecule has 2 heteroatoms. The van der Waals surface area contributed by atoms with Crippen molar-refractivity contribution in [2.75, 3.05) is 0 Å². The van der Waals surface area contributed by atoms with Crippen molar-refractivity contribution >= 4 is 5.97 Å². The van der Waals surface area contributed by atoms with Crippen molar-refractivity contribution in [3.8, 4) is 0 Å². The van der Waals surface area contributed by atoms with Gasteiger partial charge >= 0.3 is 5.97 Å². The smallest absolute Gasteiger partial charge is 0.305 e. The second-order valence-corrected chi connectivity index (χ2v) is 9.64. The summed E-state index contributed by atoms with van der Waals surface area (Å²) >= 11 is 0. The van der Waals surface area contributed by atoms with Gasteiger partial charge < -0.3 is 4.74 Å². The summed E-state index contributed by atoms with van der Waals surface area (Å²) in [6.45, 7) is 4.24. The van der Waals surface area contributed by atoms with E-state index in [0.29, 0.717) is 6.42 Å². The molecule has 26 heavy (non-hydrogen) atoms. The van der Waals surface area contributed by atoms with Crippen LogP contribution in [-0.4, -0.2) is 12.1 Å². The summed E-state index contributed by atoms with van der Waals surface area (Å²) in [6, 6.07) is 0. The first-order valence-electron chi connectivity index (χ1n) is 11.9. The van der Waals surface area contributed by atoms with E-state index in [4.69, 9.17) is 4.74 Å². The highest BCUT2D eigenvalue weighted by Crippen LogP contribution is 2.46. The van der Waals surface area contributed by atoms with Crippen LogP contribution in [0.25, 0.3) is 0 Å². The summed E-state index contributed by atoms with van der Waals surface area (Å²) in [7, 11) is 0. The zero-order valence-corrected chi connectivity index (χ0v) is 17.4. The third kappa shape index (κ3) is 5.49. The lowest BCUT2D eigenvalue weighted by molar-refractivity contribution is -0.151. The van der Waals surface area contributed by atoms with E-state index >= 15 is 0 Å². The highest BCUT2D eigenvalue weighted by molar-refractivity contribution is 5.69. The number of hydrogen-bond donors (Lipinski definition) is 0. The van der Waals surface area contributed by atoms with Gasteiger partial charge in [-0.05, 0) is 93.8 Å². The Kier molecular flexibility index (Phi) is 7.88. The van der Waals surface area contributed by atoms with E-state index in [1.165, 1.54) is 77.0 Å². The number of ether oxygens (including phenoxy) is 1. The monoisotopic (exact) mass is 362 g/mol. The topological polar surface area (TPSA) is 26.3 Å². The Morgan fingerprint density at radius 1 is 0.769 bits per heavy atom. The molecule has 2 unspecified atom stereocenters. The van der Waals surface area contributed by atoms with Gasteiger partial charge in [0.25, 0.3) is 0 Å². The lowest BCUT2D eigenvalue weighted by atomic mass is 9.65. The molecule has 0 saturated heterocycles. The maximum atomic E-state index is 11.6. The fourth-order valence-corrected chi connectivity index (χ4v) is 6.43. The Morgan fingerprint density at radius 3 is 1.92 bits per heavy atom. The fraction of sp³-hybridized carbons (Fsp3) is 0.958. The van der Waals surface area contributed by atoms with Crippen LogP contribution < -0.4 is 0 Å². The van der Waals surface area contributed by atoms with E-state index in [9.17, 15) is 4.79 Å². The standard InChI is InChI=1S/C24H42O2/c1-3-6-18-9-11-19(12-10-18)20-13-15-21(16-14-20)22-7-5-8-23(17-22)26-24(25)4-2/h18-23H,3-17H2,1-2H3. The molecule has 3 fully saturated rings. The van der Waals surface area contributed by atoms with Gasteiger partial charge in [0.2, 0.25) is 0 Å². The zero-order chi connectivity index (χ0) is 18.4. The molecule has 3 aliphatic carbocycles. The number of carbonyl (C=O) groups is 1. The predicted molar refractivity (Wildman–Crippen MR) is 108 cm³/mol. The van der Waals surface area contributed by atoms with Crippen molar-refractivity contribution in [2.45, 2.75) is 116 Å². The van der Waals surface area contributed by atoms with Gasteiger partial charge in [-0.25, -0.2) is 0 Å². The van der Waals surface area contributed by atoms with Crippen LogP contribution in [0, 0.1) is 29.6 Å². The molecular formula is C24H42O2. The summed E-state index contributed by atoms with van der Waals surface area (Å²) in [6.07, 6.45) is 20.3. The molecule has 0 N–H and O–H groups in total. The van der Waals surface area contributed by atoms with Gasteiger partial charge in [0, 0.05) is 6.42 Å². The molecule has 150 valence electrons. The number of rotatable bonds is 6. The molecule has 0 aromatic carbocycles. The van der Waals surface area contributed by atoms with Crippen molar-refractivity contribution in [3.63, 3.8) is 0 Å². The van der Waals surface area contributed by atoms with Gasteiger partial charge in [-0.15, -0.1) is 0 Å². The molecule has 0 spiro atoms. The van der Waals surface area contributed by atoms with E-state index in [1.54, 1.807) is 0 Å². The Hall–Kier alpha value is -0.530. The van der Waals surface area contributed by atoms with Crippen LogP contribution in [0.15, 0.2) is 0 Å². The van der Waals surface area contributed by atoms with Crippen LogP contribution in [0.1, 0.15) is 110 Å². The molecule has 3 aliphatic rings. The molecule has 0 aromatic heterocycles. The maximum absolute atomic E-state index is 11.6. The average Bonchev–Trinajstić information content (AvgIpc) is 2.69. The molecular weight excluding hydrogens is 320 g/mol. The van der Waals surface area contributed by atoms with E-state index in [0.717, 1.165) is 42.4 Å². The Labute approximate surface area is 161 Å². The normalized spacial score (nSPS) is 38.7. The highest BCUT2D eigenvalue weighted by atomic mass is 16.5. The third-order valence-corrected chi connectivity index (χ3v) is 7.99. The Bertz CT molecular complexity index is 416. The Balaban J connectivity index is 1.40. The van der Waals surface area contributed by atoms with E-state index in [1.807, 2.05) is 6.92 Å². The number of esters is 1. The van der Waals surface area contributed by atoms with Gasteiger partial charge in [0.15, 0.2) is 0 Å². The summed E-state index contributed by atoms with van der Waals surface area (Å²) in [5, 5.41) is 0. The molecule has 3 rings (SSSR count). The summed E-state index contributed by atoms with van der Waals surface area (Å²) in [5.74, 6) is 4.82. The van der Waals surface area contributed by atoms with E-state index in [-0.39, 0.29) is 12.1 Å². The second kappa shape index (κ2) is 10.1. The minimum absolute atomic E-state index is 0.00182. The van der Waals surface area contributed by atoms with Crippen LogP contribution in [0.3, 0.4) is 0 Å². The Morgan fingerprint density at radius 2 is 1.35 bits per heavy atom. The SMILES string of the molecule is CCCC1CCC(C2CCC(C3CCCC(OC(=O)CC)C3)CC2)CC1. The quantitative estimate of drug-likeness (QED) is 0.480. The molecule has 0 amide bonds. The van der Waals surface area contributed by atoms with E-state index < -0.39 is 0 Å². The molecule has 0 aliphatic heterocycles. The van der Waals surface area contributed by atoms with Crippen molar-refractivity contribution in [2.24, 2.45) is 29.6 Å². The van der Waals surface area contributed by atoms with Crippen LogP contribution in [-0.2, 0) is 9.53 Å². The van der Waals surface area contributed by atoms with Crippen molar-refractivity contribution < 1.29 is 9.53 Å². The van der Waals surface area contributed by atoms with Gasteiger partial charge in [0.1, 0.15) is 6.10 Å². The van der Waals surface area contributed by atoms with Gasteiger partial charge in [-0.2, -0.15) is 0 Å². The first-order chi connectivity index (χ1) is 12.7. The number of carbonyl (C=O) groups excluding carboxylic acids is 1. The lowest BCUT2D eigenvalue weighted by Crippen LogP contribution is -2.32. The van der Waals surface area contributed by atoms with Crippen molar-refractivity contribution in [1.29, 1.82) is 0 Å². The molecule has 0 bridgehead atoms. The van der Waals surface area contributed by atoms with Crippen molar-refractivity contribution in [1.82, 2.24) is 0 Å². The van der Waals surface area contributed by atoms with Gasteiger partial charge in [-0.1, -0.05) is 39.5 Å². The molecule has 2 atom stereocenters. The molecule has 0 radical (unpaired) electrons. The molecule has 3 saturated carbocycles. The van der Waals surface area contributed by atoms with Gasteiger partial charge in [-0.3, -0.25) is 4.79 Å². The van der Waals surface area contributed by atoms with E-state index in [2.05, 4.69) is 6.92 Å². The predicted octanol–water partition coefficient (Wildman–Crippen LogP) is 6.91. The minimum atomic E-state index is -0.00182.